The lowest BCUT2D eigenvalue weighted by atomic mass is 9.59. The highest BCUT2D eigenvalue weighted by Gasteiger charge is 2.72. The summed E-state index contributed by atoms with van der Waals surface area (Å²) >= 11 is 0. The number of Topliss-reactive ketones (excluding diaryl/α,β-unsaturated/α-hetero) is 1. The Morgan fingerprint density at radius 3 is 1.90 bits per heavy atom. The van der Waals surface area contributed by atoms with E-state index in [0.29, 0.717) is 0 Å². The summed E-state index contributed by atoms with van der Waals surface area (Å²) in [6.45, 7) is 29.8. The number of aldehydes is 1. The summed E-state index contributed by atoms with van der Waals surface area (Å²) in [5.74, 6) is -0.668. The third-order valence-electron chi connectivity index (χ3n) is 8.42. The molecule has 2 bridgehead atoms. The number of carbonyl (C=O) groups is 2. The van der Waals surface area contributed by atoms with E-state index in [1.165, 1.54) is 0 Å². The molecule has 0 aromatic heterocycles. The molecule has 0 N–H and O–H groups in total. The van der Waals surface area contributed by atoms with Gasteiger partial charge >= 0.3 is 0 Å². The number of carbonyl (C=O) groups excluding carboxylic acids is 2. The second kappa shape index (κ2) is 7.72. The fraction of sp³-hybridized carbons (Fsp3) is 0.833. The van der Waals surface area contributed by atoms with Crippen molar-refractivity contribution >= 4 is 28.7 Å². The van der Waals surface area contributed by atoms with Gasteiger partial charge in [-0.3, -0.25) is 4.79 Å². The van der Waals surface area contributed by atoms with Crippen molar-refractivity contribution in [1.29, 1.82) is 0 Å². The number of fused-ring (bicyclic) bond motifs is 2. The van der Waals surface area contributed by atoms with E-state index in [-0.39, 0.29) is 22.5 Å². The van der Waals surface area contributed by atoms with Gasteiger partial charge < -0.3 is 18.4 Å². The van der Waals surface area contributed by atoms with Crippen molar-refractivity contribution < 1.29 is 23.2 Å². The maximum atomic E-state index is 13.7. The molecule has 0 unspecified atom stereocenters. The molecule has 2 fully saturated rings. The first-order valence-corrected chi connectivity index (χ1v) is 17.2. The zero-order valence-corrected chi connectivity index (χ0v) is 23.8. The molecule has 31 heavy (non-hydrogen) atoms. The van der Waals surface area contributed by atoms with Gasteiger partial charge in [0.15, 0.2) is 28.0 Å². The predicted octanol–water partition coefficient (Wildman–Crippen LogP) is 5.52. The highest BCUT2D eigenvalue weighted by Crippen LogP contribution is 2.56. The van der Waals surface area contributed by atoms with E-state index >= 15 is 0 Å². The van der Waals surface area contributed by atoms with Crippen molar-refractivity contribution in [3.8, 4) is 0 Å². The van der Waals surface area contributed by atoms with Gasteiger partial charge in [0.2, 0.25) is 0 Å². The standard InChI is InChI=1S/C24H44O5Si2/c1-16(2)17-18(28-30(10,11)21(3,4)5)19(29-31(12,13)22(6,7)8)23(9)20(26)24(17,14-25)15-27-23/h14,17-19H,1,15H2,2-13H3/t17-,18-,19+,23-,24+/m1/s1. The Morgan fingerprint density at radius 2 is 1.52 bits per heavy atom. The maximum Gasteiger partial charge on any atom is 0.192 e. The van der Waals surface area contributed by atoms with Crippen LogP contribution in [0.15, 0.2) is 12.2 Å². The molecule has 178 valence electrons. The van der Waals surface area contributed by atoms with Crippen molar-refractivity contribution in [2.75, 3.05) is 6.61 Å². The van der Waals surface area contributed by atoms with Crippen molar-refractivity contribution in [3.05, 3.63) is 12.2 Å². The van der Waals surface area contributed by atoms with Gasteiger partial charge in [-0.1, -0.05) is 53.7 Å². The topological polar surface area (TPSA) is 61.8 Å². The van der Waals surface area contributed by atoms with Crippen LogP contribution in [0, 0.1) is 11.3 Å². The second-order valence-corrected chi connectivity index (χ2v) is 22.4. The largest absolute Gasteiger partial charge is 0.411 e. The third-order valence-corrected chi connectivity index (χ3v) is 17.3. The smallest absolute Gasteiger partial charge is 0.192 e. The van der Waals surface area contributed by atoms with Crippen LogP contribution in [0.1, 0.15) is 55.4 Å². The Kier molecular flexibility index (Phi) is 6.64. The van der Waals surface area contributed by atoms with Crippen LogP contribution in [-0.4, -0.2) is 53.1 Å². The number of ketones is 1. The SMILES string of the molecule is C=C(C)[C@@H]1[C@@H](O[Si](C)(C)C(C)(C)C)[C@H](O[Si](C)(C)C(C)(C)C)[C@@]2(C)OC[C@]1(C=O)C2=O. The maximum absolute atomic E-state index is 13.7. The normalized spacial score (nSPS) is 34.7. The molecular formula is C24H44O5Si2. The van der Waals surface area contributed by atoms with E-state index in [1.807, 2.05) is 6.92 Å². The summed E-state index contributed by atoms with van der Waals surface area (Å²) in [7, 11) is -4.55. The van der Waals surface area contributed by atoms with Crippen LogP contribution in [0.5, 0.6) is 0 Å². The van der Waals surface area contributed by atoms with E-state index in [2.05, 4.69) is 74.3 Å². The van der Waals surface area contributed by atoms with Crippen LogP contribution >= 0.6 is 0 Å². The molecule has 2 rings (SSSR count). The molecule has 1 aliphatic heterocycles. The van der Waals surface area contributed by atoms with E-state index in [9.17, 15) is 9.59 Å². The van der Waals surface area contributed by atoms with Crippen molar-refractivity contribution in [1.82, 2.24) is 0 Å². The van der Waals surface area contributed by atoms with Crippen LogP contribution in [0.2, 0.25) is 36.3 Å². The van der Waals surface area contributed by atoms with Gasteiger partial charge in [-0.15, -0.1) is 0 Å². The predicted molar refractivity (Wildman–Crippen MR) is 130 cm³/mol. The summed E-state index contributed by atoms with van der Waals surface area (Å²) in [6.07, 6.45) is -0.278. The molecule has 1 saturated carbocycles. The summed E-state index contributed by atoms with van der Waals surface area (Å²) in [6, 6.07) is 0. The van der Waals surface area contributed by atoms with Crippen LogP contribution in [-0.2, 0) is 23.2 Å². The highest BCUT2D eigenvalue weighted by molar-refractivity contribution is 6.74. The molecule has 0 spiro atoms. The Hall–Kier alpha value is -0.606. The number of hydrogen-bond acceptors (Lipinski definition) is 5. The molecule has 0 aromatic rings. The van der Waals surface area contributed by atoms with Crippen LogP contribution in [0.3, 0.4) is 0 Å². The zero-order valence-electron chi connectivity index (χ0n) is 21.8. The van der Waals surface area contributed by atoms with Gasteiger partial charge in [0, 0.05) is 5.92 Å². The highest BCUT2D eigenvalue weighted by atomic mass is 28.4. The minimum Gasteiger partial charge on any atom is -0.411 e. The Labute approximate surface area is 191 Å². The average molecular weight is 469 g/mol. The van der Waals surface area contributed by atoms with Crippen LogP contribution in [0.25, 0.3) is 0 Å². The number of rotatable bonds is 6. The molecule has 2 aliphatic rings. The number of ether oxygens (including phenoxy) is 1. The fourth-order valence-electron chi connectivity index (χ4n) is 4.29. The molecule has 5 nitrogen and oxygen atoms in total. The third kappa shape index (κ3) is 4.09. The van der Waals surface area contributed by atoms with Crippen LogP contribution < -0.4 is 0 Å². The molecule has 0 aromatic carbocycles. The summed E-state index contributed by atoms with van der Waals surface area (Å²) in [5, 5.41) is -0.0881. The lowest BCUT2D eigenvalue weighted by Crippen LogP contribution is -2.69. The quantitative estimate of drug-likeness (QED) is 0.222. The molecule has 1 aliphatic carbocycles. The average Bonchev–Trinajstić information content (AvgIpc) is 2.77. The molecule has 7 heteroatoms. The Bertz CT molecular complexity index is 761. The van der Waals surface area contributed by atoms with Crippen molar-refractivity contribution in [3.63, 3.8) is 0 Å². The van der Waals surface area contributed by atoms with Gasteiger partial charge in [0.25, 0.3) is 0 Å². The Morgan fingerprint density at radius 1 is 1.06 bits per heavy atom. The first kappa shape index (κ1) is 26.6. The van der Waals surface area contributed by atoms with E-state index in [4.69, 9.17) is 13.6 Å². The minimum absolute atomic E-state index is 0.0369. The van der Waals surface area contributed by atoms with E-state index < -0.39 is 45.8 Å². The van der Waals surface area contributed by atoms with Gasteiger partial charge in [0.1, 0.15) is 17.8 Å². The molecular weight excluding hydrogens is 424 g/mol. The Balaban J connectivity index is 2.72. The van der Waals surface area contributed by atoms with Gasteiger partial charge in [-0.05, 0) is 50.1 Å². The lowest BCUT2D eigenvalue weighted by molar-refractivity contribution is -0.166. The second-order valence-electron chi connectivity index (χ2n) is 12.8. The summed E-state index contributed by atoms with van der Waals surface area (Å²) in [4.78, 5) is 26.2. The molecule has 0 radical (unpaired) electrons. The van der Waals surface area contributed by atoms with Crippen molar-refractivity contribution in [2.45, 2.75) is 109 Å². The minimum atomic E-state index is -2.29. The lowest BCUT2D eigenvalue weighted by Gasteiger charge is -2.54. The van der Waals surface area contributed by atoms with E-state index in [1.54, 1.807) is 6.92 Å². The molecule has 0 amide bonds. The molecule has 1 heterocycles. The monoisotopic (exact) mass is 468 g/mol. The van der Waals surface area contributed by atoms with Crippen LogP contribution in [0.4, 0.5) is 0 Å². The van der Waals surface area contributed by atoms with Crippen molar-refractivity contribution in [2.24, 2.45) is 11.3 Å². The fourth-order valence-corrected chi connectivity index (χ4v) is 6.93. The number of hydrogen-bond donors (Lipinski definition) is 0. The first-order chi connectivity index (χ1) is 13.7. The first-order valence-electron chi connectivity index (χ1n) is 11.3. The van der Waals surface area contributed by atoms with Gasteiger partial charge in [0.05, 0.1) is 12.7 Å². The van der Waals surface area contributed by atoms with Gasteiger partial charge in [-0.25, -0.2) is 0 Å². The summed E-state index contributed by atoms with van der Waals surface area (Å²) < 4.78 is 20.1. The van der Waals surface area contributed by atoms with E-state index in [0.717, 1.165) is 11.9 Å². The summed E-state index contributed by atoms with van der Waals surface area (Å²) in [5.41, 5.74) is -1.71. The molecule has 1 saturated heterocycles. The molecule has 5 atom stereocenters. The van der Waals surface area contributed by atoms with Gasteiger partial charge in [-0.2, -0.15) is 0 Å². The zero-order chi connectivity index (χ0) is 24.4.